The second-order valence-electron chi connectivity index (χ2n) is 23.7. The monoisotopic (exact) mass is 1000 g/mol. The summed E-state index contributed by atoms with van der Waals surface area (Å²) in [7, 11) is -3.89. The molecular weight excluding hydrogens is 921 g/mol. The van der Waals surface area contributed by atoms with Gasteiger partial charge in [-0.15, -0.1) is 11.1 Å². The Kier molecular flexibility index (Phi) is 15.6. The maximum absolute atomic E-state index is 4.09. The molecule has 0 aliphatic heterocycles. The molecule has 74 heavy (non-hydrogen) atoms. The van der Waals surface area contributed by atoms with Crippen LogP contribution in [0.25, 0.3) is 86.9 Å². The molecule has 0 atom stereocenters. The zero-order valence-corrected chi connectivity index (χ0v) is 49.4. The fraction of sp³-hybridized carbons (Fsp3) is 0.361. The highest BCUT2D eigenvalue weighted by atomic mass is 28.3. The number of benzene rings is 9. The van der Waals surface area contributed by atoms with Crippen molar-refractivity contribution < 1.29 is 0 Å². The Morgan fingerprint density at radius 3 is 0.946 bits per heavy atom. The Labute approximate surface area is 447 Å². The minimum absolute atomic E-state index is 0.580. The summed E-state index contributed by atoms with van der Waals surface area (Å²) < 4.78 is 0. The largest absolute Gasteiger partial charge is 0.146 e. The highest BCUT2D eigenvalue weighted by Crippen LogP contribution is 2.46. The quantitative estimate of drug-likeness (QED) is 0.0579. The van der Waals surface area contributed by atoms with Gasteiger partial charge >= 0.3 is 0 Å². The number of hydrogen-bond acceptors (Lipinski definition) is 0. The van der Waals surface area contributed by atoms with E-state index in [1.54, 1.807) is 0 Å². The number of aryl methyl sites for hydroxylation is 2. The number of unbranched alkanes of at least 4 members (excludes halogenated alkanes) is 2. The molecule has 0 saturated carbocycles. The van der Waals surface area contributed by atoms with Crippen molar-refractivity contribution in [1.29, 1.82) is 0 Å². The average molecular weight is 1000 g/mol. The van der Waals surface area contributed by atoms with E-state index in [0.717, 1.165) is 38.5 Å². The van der Waals surface area contributed by atoms with E-state index in [-0.39, 0.29) is 0 Å². The lowest BCUT2D eigenvalue weighted by atomic mass is 9.86. The lowest BCUT2D eigenvalue weighted by Crippen LogP contribution is -2.43. The van der Waals surface area contributed by atoms with Crippen LogP contribution in [0.3, 0.4) is 0 Å². The van der Waals surface area contributed by atoms with Crippen LogP contribution in [0.2, 0.25) is 33.2 Å². The molecule has 9 rings (SSSR count). The maximum atomic E-state index is 4.09. The van der Waals surface area contributed by atoms with Gasteiger partial charge in [-0.1, -0.05) is 219 Å². The Bertz CT molecular complexity index is 3400. The summed E-state index contributed by atoms with van der Waals surface area (Å²) >= 11 is 0. The molecule has 2 heteroatoms. The first-order valence-corrected chi connectivity index (χ1v) is 33.0. The van der Waals surface area contributed by atoms with Crippen molar-refractivity contribution in [2.45, 2.75) is 169 Å². The van der Waals surface area contributed by atoms with Gasteiger partial charge in [-0.3, -0.25) is 0 Å². The molecular formula is C72H82Si2. The van der Waals surface area contributed by atoms with Crippen molar-refractivity contribution >= 4 is 80.8 Å². The average Bonchev–Trinajstić information content (AvgIpc) is 3.37. The van der Waals surface area contributed by atoms with Crippen molar-refractivity contribution in [3.8, 4) is 45.2 Å². The lowest BCUT2D eigenvalue weighted by Gasteiger charge is -2.38. The zero-order chi connectivity index (χ0) is 52.6. The van der Waals surface area contributed by atoms with E-state index in [9.17, 15) is 0 Å². The molecule has 0 fully saturated rings. The van der Waals surface area contributed by atoms with E-state index in [1.165, 1.54) is 109 Å². The van der Waals surface area contributed by atoms with Gasteiger partial charge < -0.3 is 0 Å². The molecule has 0 unspecified atom stereocenters. The highest BCUT2D eigenvalue weighted by Gasteiger charge is 2.43. The van der Waals surface area contributed by atoms with Gasteiger partial charge in [0.1, 0.15) is 16.1 Å². The summed E-state index contributed by atoms with van der Waals surface area (Å²) in [6.07, 6.45) is 6.71. The first-order chi connectivity index (χ1) is 35.6. The van der Waals surface area contributed by atoms with Gasteiger partial charge in [0.05, 0.1) is 0 Å². The third-order valence-corrected chi connectivity index (χ3v) is 30.5. The van der Waals surface area contributed by atoms with Crippen LogP contribution in [-0.2, 0) is 12.8 Å². The summed E-state index contributed by atoms with van der Waals surface area (Å²) in [6.45, 7) is 33.6. The third kappa shape index (κ3) is 9.24. The first kappa shape index (κ1) is 52.9. The molecule has 9 aromatic carbocycles. The van der Waals surface area contributed by atoms with E-state index in [2.05, 4.69) is 253 Å². The van der Waals surface area contributed by atoms with E-state index in [4.69, 9.17) is 0 Å². The van der Waals surface area contributed by atoms with Crippen molar-refractivity contribution in [1.82, 2.24) is 0 Å². The molecule has 0 amide bonds. The second kappa shape index (κ2) is 21.7. The third-order valence-electron chi connectivity index (χ3n) is 17.9. The van der Waals surface area contributed by atoms with E-state index in [0.29, 0.717) is 33.2 Å². The maximum Gasteiger partial charge on any atom is 0.146 e. The van der Waals surface area contributed by atoms with E-state index >= 15 is 0 Å². The van der Waals surface area contributed by atoms with Crippen molar-refractivity contribution in [2.24, 2.45) is 0 Å². The number of rotatable bonds is 14. The summed E-state index contributed by atoms with van der Waals surface area (Å²) in [6, 6.07) is 51.7. The van der Waals surface area contributed by atoms with Gasteiger partial charge in [-0.05, 0) is 193 Å². The van der Waals surface area contributed by atoms with Gasteiger partial charge in [0.15, 0.2) is 0 Å². The molecule has 0 aliphatic carbocycles. The second-order valence-corrected chi connectivity index (χ2v) is 34.9. The molecule has 0 aromatic heterocycles. The highest BCUT2D eigenvalue weighted by molar-refractivity contribution is 6.91. The number of fused-ring (bicyclic) bond motifs is 6. The molecule has 0 radical (unpaired) electrons. The Morgan fingerprint density at radius 1 is 0.324 bits per heavy atom. The fourth-order valence-corrected chi connectivity index (χ4v) is 24.6. The van der Waals surface area contributed by atoms with Crippen LogP contribution in [0.1, 0.15) is 145 Å². The Balaban J connectivity index is 1.25. The van der Waals surface area contributed by atoms with Gasteiger partial charge in [-0.2, -0.15) is 0 Å². The molecule has 0 heterocycles. The minimum Gasteiger partial charge on any atom is -0.125 e. The number of hydrogen-bond donors (Lipinski definition) is 0. The minimum atomic E-state index is -1.95. The van der Waals surface area contributed by atoms with Crippen molar-refractivity contribution in [3.05, 3.63) is 156 Å². The van der Waals surface area contributed by atoms with Crippen LogP contribution in [0.4, 0.5) is 0 Å². The SMILES string of the molecule is CCCCc1c2cccc(C#C[Si](C(C)C)(C(C)C)C(C)C)c2cc2c(-c3cccc4cc5c(-c6cccc7c(CCCC)c8cccc(C#C[Si](C(C)C)(C(C)C)C(C)C)c8cc67)cccc5cc34)cccc12. The van der Waals surface area contributed by atoms with E-state index < -0.39 is 16.1 Å². The standard InChI is InChI=1S/C72H82Si2/c1-15-17-29-57-59-31-19-25-53(39-41-73(47(3)4,48(5)6)49(7)8)69(59)45-71-63(57)35-23-37-65(71)61-33-21-27-55-44-68-56(43-67(55)61)28-22-34-62(68)66-38-24-36-64-58(30-18-16-2)60-32-20-26-54(70(60)46-72(64)66)40-42-74(50(9)10,51(11)12)52(13)14/h19-28,31-38,43-52H,15-18,29-30H2,1-14H3. The predicted octanol–water partition coefficient (Wildman–Crippen LogP) is 21.8. The lowest BCUT2D eigenvalue weighted by molar-refractivity contribution is 0.802. The van der Waals surface area contributed by atoms with Gasteiger partial charge in [-0.25, -0.2) is 0 Å². The Morgan fingerprint density at radius 2 is 0.622 bits per heavy atom. The van der Waals surface area contributed by atoms with Crippen LogP contribution < -0.4 is 0 Å². The zero-order valence-electron chi connectivity index (χ0n) is 47.4. The molecule has 0 N–H and O–H groups in total. The molecule has 0 bridgehead atoms. The summed E-state index contributed by atoms with van der Waals surface area (Å²) in [4.78, 5) is 0. The summed E-state index contributed by atoms with van der Waals surface area (Å²) in [5, 5.41) is 15.7. The van der Waals surface area contributed by atoms with Crippen LogP contribution in [0.15, 0.2) is 133 Å². The van der Waals surface area contributed by atoms with Gasteiger partial charge in [0.25, 0.3) is 0 Å². The van der Waals surface area contributed by atoms with Crippen LogP contribution in [0.5, 0.6) is 0 Å². The van der Waals surface area contributed by atoms with Gasteiger partial charge in [0, 0.05) is 11.1 Å². The molecule has 0 aliphatic rings. The topological polar surface area (TPSA) is 0 Å². The fourth-order valence-electron chi connectivity index (χ4n) is 14.2. The molecule has 0 saturated heterocycles. The summed E-state index contributed by atoms with van der Waals surface area (Å²) in [5.74, 6) is 7.82. The van der Waals surface area contributed by atoms with Crippen LogP contribution in [-0.4, -0.2) is 16.1 Å². The van der Waals surface area contributed by atoms with Gasteiger partial charge in [0.2, 0.25) is 0 Å². The molecule has 0 spiro atoms. The van der Waals surface area contributed by atoms with Crippen molar-refractivity contribution in [3.63, 3.8) is 0 Å². The molecule has 378 valence electrons. The molecule has 0 nitrogen and oxygen atoms in total. The predicted molar refractivity (Wildman–Crippen MR) is 335 cm³/mol. The van der Waals surface area contributed by atoms with Crippen molar-refractivity contribution in [2.75, 3.05) is 0 Å². The first-order valence-electron chi connectivity index (χ1n) is 28.6. The molecule has 9 aromatic rings. The van der Waals surface area contributed by atoms with Crippen LogP contribution >= 0.6 is 0 Å². The normalized spacial score (nSPS) is 12.5. The van der Waals surface area contributed by atoms with E-state index in [1.807, 2.05) is 0 Å². The Hall–Kier alpha value is -5.91. The smallest absolute Gasteiger partial charge is 0.125 e. The summed E-state index contributed by atoms with van der Waals surface area (Å²) in [5.41, 5.74) is 22.0. The van der Waals surface area contributed by atoms with Crippen LogP contribution in [0, 0.1) is 22.9 Å².